The van der Waals surface area contributed by atoms with Gasteiger partial charge in [-0.2, -0.15) is 0 Å². The Morgan fingerprint density at radius 2 is 1.70 bits per heavy atom. The molecule has 3 fully saturated rings. The average Bonchev–Trinajstić information content (AvgIpc) is 3.73. The van der Waals surface area contributed by atoms with Crippen LogP contribution < -0.4 is 15.5 Å². The van der Waals surface area contributed by atoms with Gasteiger partial charge in [-0.3, -0.25) is 14.6 Å². The number of nitrogens with one attached hydrogen (secondary N) is 2. The molecule has 5 heterocycles. The molecule has 0 bridgehead atoms. The van der Waals surface area contributed by atoms with Crippen molar-refractivity contribution >= 4 is 51.6 Å². The van der Waals surface area contributed by atoms with Gasteiger partial charge in [0.2, 0.25) is 5.91 Å². The molecule has 1 saturated heterocycles. The lowest BCUT2D eigenvalue weighted by Crippen LogP contribution is -2.64. The third kappa shape index (κ3) is 5.82. The van der Waals surface area contributed by atoms with Crippen LogP contribution in [-0.2, 0) is 10.2 Å². The van der Waals surface area contributed by atoms with Crippen molar-refractivity contribution in [2.45, 2.75) is 115 Å². The number of pyridine rings is 2. The maximum Gasteiger partial charge on any atom is 0.261 e. The second kappa shape index (κ2) is 12.9. The lowest BCUT2D eigenvalue weighted by Gasteiger charge is -2.55. The molecular weight excluding hydrogens is 724 g/mol. The number of imidazole rings is 1. The van der Waals surface area contributed by atoms with Crippen LogP contribution in [0.5, 0.6) is 0 Å². The van der Waals surface area contributed by atoms with E-state index in [2.05, 4.69) is 27.4 Å². The molecule has 2 saturated carbocycles. The van der Waals surface area contributed by atoms with Crippen LogP contribution in [0.3, 0.4) is 0 Å². The Morgan fingerprint density at radius 3 is 2.35 bits per heavy atom. The summed E-state index contributed by atoms with van der Waals surface area (Å²) in [5.74, 6) is -3.86. The van der Waals surface area contributed by atoms with Crippen LogP contribution in [0.25, 0.3) is 22.3 Å². The quantitative estimate of drug-likeness (QED) is 0.130. The van der Waals surface area contributed by atoms with Gasteiger partial charge in [-0.05, 0) is 104 Å². The van der Waals surface area contributed by atoms with E-state index in [1.54, 1.807) is 18.6 Å². The predicted octanol–water partition coefficient (Wildman–Crippen LogP) is 8.31. The van der Waals surface area contributed by atoms with Gasteiger partial charge in [0.15, 0.2) is 17.5 Å². The fourth-order valence-corrected chi connectivity index (χ4v) is 8.67. The molecule has 2 amide bonds. The zero-order valence-corrected chi connectivity index (χ0v) is 31.6. The van der Waals surface area contributed by atoms with Crippen LogP contribution in [0.15, 0.2) is 30.7 Å². The zero-order valence-electron chi connectivity index (χ0n) is 30.9. The number of anilines is 3. The number of rotatable bonds is 9. The minimum absolute atomic E-state index is 0.00979. The summed E-state index contributed by atoms with van der Waals surface area (Å²) in [5.41, 5.74) is -0.618. The van der Waals surface area contributed by atoms with Gasteiger partial charge < -0.3 is 25.0 Å². The van der Waals surface area contributed by atoms with Crippen LogP contribution in [0.1, 0.15) is 102 Å². The first-order valence-electron chi connectivity index (χ1n) is 18.6. The van der Waals surface area contributed by atoms with E-state index in [1.807, 2.05) is 43.2 Å². The molecule has 10 nitrogen and oxygen atoms in total. The molecule has 286 valence electrons. The molecule has 0 spiro atoms. The second-order valence-corrected chi connectivity index (χ2v) is 16.8. The number of amides is 2. The molecule has 0 unspecified atom stereocenters. The molecule has 4 aromatic rings. The van der Waals surface area contributed by atoms with Crippen molar-refractivity contribution in [3.63, 3.8) is 0 Å². The summed E-state index contributed by atoms with van der Waals surface area (Å²) in [4.78, 5) is 46.0. The van der Waals surface area contributed by atoms with Crippen LogP contribution in [0, 0.1) is 11.6 Å². The summed E-state index contributed by atoms with van der Waals surface area (Å²) in [5, 5.41) is 4.30. The standard InChI is InChI=1S/C39H43ClF4N8O2/c1-20(2)51-19-46-26-15-24(47-33(31(26)51)48-25-14-23(28(40)30(42)29(25)41)34(53)49-39(9-10-39)35(43)44)21-13-27-32(45-18-21)37(3,4)36(54)52(27)38(5)16-22(17-38)50-11-7-6-8-12-50/h13-15,18-20,22,35H,6-12,16-17H2,1-5H3,(H,47,48)(H,49,53)/t22-,38+. The van der Waals surface area contributed by atoms with Gasteiger partial charge in [-0.15, -0.1) is 0 Å². The predicted molar refractivity (Wildman–Crippen MR) is 199 cm³/mol. The SMILES string of the molecule is CC(C)n1cnc2cc(-c3cnc4c(c3)N([C@]3(C)C[C@H](N5CCCCC5)C3)C(=O)C4(C)C)nc(Nc3cc(C(=O)NC4(C(F)F)CC4)c(Cl)c(F)c3F)c21. The molecular formula is C39H43ClF4N8O2. The van der Waals surface area contributed by atoms with Crippen molar-refractivity contribution in [2.24, 2.45) is 0 Å². The molecule has 8 rings (SSSR count). The Hall–Kier alpha value is -4.30. The number of likely N-dealkylation sites (tertiary alicyclic amines) is 1. The maximum absolute atomic E-state index is 15.6. The minimum Gasteiger partial charge on any atom is -0.341 e. The maximum atomic E-state index is 15.6. The first kappa shape index (κ1) is 36.7. The number of hydrogen-bond acceptors (Lipinski definition) is 7. The van der Waals surface area contributed by atoms with Crippen molar-refractivity contribution in [1.29, 1.82) is 0 Å². The Labute approximate surface area is 315 Å². The molecule has 4 aliphatic rings. The zero-order chi connectivity index (χ0) is 38.5. The Bertz CT molecular complexity index is 2190. The normalized spacial score (nSPS) is 23.2. The topological polar surface area (TPSA) is 108 Å². The fraction of sp³-hybridized carbons (Fsp3) is 0.513. The number of benzene rings is 1. The lowest BCUT2D eigenvalue weighted by molar-refractivity contribution is -0.124. The summed E-state index contributed by atoms with van der Waals surface area (Å²) in [7, 11) is 0. The van der Waals surface area contributed by atoms with E-state index in [4.69, 9.17) is 21.6 Å². The van der Waals surface area contributed by atoms with Gasteiger partial charge in [0.05, 0.1) is 50.6 Å². The summed E-state index contributed by atoms with van der Waals surface area (Å²) in [6, 6.07) is 4.98. The largest absolute Gasteiger partial charge is 0.341 e. The van der Waals surface area contributed by atoms with Crippen LogP contribution >= 0.6 is 11.6 Å². The second-order valence-electron chi connectivity index (χ2n) is 16.4. The molecule has 2 aliphatic heterocycles. The van der Waals surface area contributed by atoms with E-state index in [1.165, 1.54) is 19.3 Å². The number of nitrogens with zero attached hydrogens (tertiary/aromatic N) is 6. The summed E-state index contributed by atoms with van der Waals surface area (Å²) < 4.78 is 60.0. The molecule has 3 aromatic heterocycles. The van der Waals surface area contributed by atoms with E-state index in [0.29, 0.717) is 39.7 Å². The summed E-state index contributed by atoms with van der Waals surface area (Å²) >= 11 is 6.07. The van der Waals surface area contributed by atoms with Gasteiger partial charge in [0.1, 0.15) is 11.1 Å². The number of fused-ring (bicyclic) bond motifs is 2. The number of carbonyl (C=O) groups excluding carboxylic acids is 2. The lowest BCUT2D eigenvalue weighted by atomic mass is 9.71. The molecule has 15 heteroatoms. The third-order valence-electron chi connectivity index (χ3n) is 11.9. The first-order chi connectivity index (χ1) is 25.5. The highest BCUT2D eigenvalue weighted by atomic mass is 35.5. The summed E-state index contributed by atoms with van der Waals surface area (Å²) in [6.07, 6.45) is 5.89. The fourth-order valence-electron chi connectivity index (χ4n) is 8.45. The van der Waals surface area contributed by atoms with Crippen molar-refractivity contribution < 1.29 is 27.2 Å². The third-order valence-corrected chi connectivity index (χ3v) is 12.2. The van der Waals surface area contributed by atoms with Crippen LogP contribution in [0.4, 0.5) is 34.8 Å². The number of alkyl halides is 2. The van der Waals surface area contributed by atoms with Crippen LogP contribution in [0.2, 0.25) is 5.02 Å². The smallest absolute Gasteiger partial charge is 0.261 e. The van der Waals surface area contributed by atoms with Gasteiger partial charge in [0.25, 0.3) is 12.3 Å². The molecule has 54 heavy (non-hydrogen) atoms. The van der Waals surface area contributed by atoms with E-state index >= 15 is 8.78 Å². The van der Waals surface area contributed by atoms with Crippen LogP contribution in [-0.4, -0.2) is 72.9 Å². The van der Waals surface area contributed by atoms with E-state index in [0.717, 1.165) is 32.0 Å². The van der Waals surface area contributed by atoms with E-state index in [-0.39, 0.29) is 30.6 Å². The Balaban J connectivity index is 1.18. The highest BCUT2D eigenvalue weighted by molar-refractivity contribution is 6.34. The molecule has 1 aromatic carbocycles. The van der Waals surface area contributed by atoms with Gasteiger partial charge in [-0.1, -0.05) is 18.0 Å². The van der Waals surface area contributed by atoms with Crippen molar-refractivity contribution in [2.75, 3.05) is 23.3 Å². The average molecular weight is 767 g/mol. The van der Waals surface area contributed by atoms with Gasteiger partial charge >= 0.3 is 0 Å². The van der Waals surface area contributed by atoms with Gasteiger partial charge in [0, 0.05) is 29.4 Å². The number of piperidine rings is 1. The minimum atomic E-state index is -2.84. The van der Waals surface area contributed by atoms with Crippen molar-refractivity contribution in [3.05, 3.63) is 58.6 Å². The van der Waals surface area contributed by atoms with E-state index in [9.17, 15) is 18.4 Å². The highest BCUT2D eigenvalue weighted by Crippen LogP contribution is 2.51. The number of aromatic nitrogens is 4. The number of carbonyl (C=O) groups is 2. The van der Waals surface area contributed by atoms with Crippen molar-refractivity contribution in [1.82, 2.24) is 29.7 Å². The molecule has 0 radical (unpaired) electrons. The molecule has 0 atom stereocenters. The number of hydrogen-bond donors (Lipinski definition) is 2. The Morgan fingerprint density at radius 1 is 1.00 bits per heavy atom. The van der Waals surface area contributed by atoms with Gasteiger partial charge in [-0.25, -0.2) is 27.5 Å². The molecule has 2 N–H and O–H groups in total. The Kier molecular flexibility index (Phi) is 8.76. The highest BCUT2D eigenvalue weighted by Gasteiger charge is 2.57. The van der Waals surface area contributed by atoms with E-state index < -0.39 is 56.7 Å². The molecule has 2 aliphatic carbocycles. The summed E-state index contributed by atoms with van der Waals surface area (Å²) in [6.45, 7) is 11.9. The monoisotopic (exact) mass is 766 g/mol. The first-order valence-corrected chi connectivity index (χ1v) is 18.9. The van der Waals surface area contributed by atoms with Crippen molar-refractivity contribution in [3.8, 4) is 11.3 Å². The number of halogens is 5.